The monoisotopic (exact) mass is 234 g/mol. The van der Waals surface area contributed by atoms with Crippen molar-refractivity contribution in [3.8, 4) is 5.75 Å². The van der Waals surface area contributed by atoms with E-state index in [0.29, 0.717) is 6.29 Å². The summed E-state index contributed by atoms with van der Waals surface area (Å²) in [5.41, 5.74) is 0.00208. The van der Waals surface area contributed by atoms with Gasteiger partial charge in [-0.2, -0.15) is 0 Å². The van der Waals surface area contributed by atoms with Gasteiger partial charge in [-0.3, -0.25) is 9.00 Å². The molecule has 1 unspecified atom stereocenters. The second-order valence-electron chi connectivity index (χ2n) is 2.35. The molecule has 0 aromatic heterocycles. The van der Waals surface area contributed by atoms with Gasteiger partial charge in [-0.25, -0.2) is 0 Å². The highest BCUT2D eigenvalue weighted by atomic mass is 35.5. The van der Waals surface area contributed by atoms with Gasteiger partial charge >= 0.3 is 0 Å². The lowest BCUT2D eigenvalue weighted by Gasteiger charge is -2.11. The van der Waals surface area contributed by atoms with Crippen molar-refractivity contribution in [3.63, 3.8) is 0 Å². The molecule has 0 bridgehead atoms. The predicted molar refractivity (Wildman–Crippen MR) is 51.0 cm³/mol. The molecule has 0 aliphatic rings. The Morgan fingerprint density at radius 1 is 1.57 bits per heavy atom. The van der Waals surface area contributed by atoms with Crippen LogP contribution in [0, 0.1) is 0 Å². The summed E-state index contributed by atoms with van der Waals surface area (Å²) in [6.45, 7) is 0. The molecule has 5 nitrogen and oxygen atoms in total. The summed E-state index contributed by atoms with van der Waals surface area (Å²) in [6.07, 6.45) is 0.393. The largest absolute Gasteiger partial charge is 0.755 e. The molecule has 1 rings (SSSR count). The number of phenolic OH excluding ortho intramolecular Hbond substituents is 1. The average molecular weight is 235 g/mol. The molecule has 0 saturated carbocycles. The van der Waals surface area contributed by atoms with E-state index in [1.54, 1.807) is 0 Å². The maximum Gasteiger partial charge on any atom is 0.153 e. The van der Waals surface area contributed by atoms with Crippen LogP contribution in [0.2, 0.25) is 5.02 Å². The molecule has 0 radical (unpaired) electrons. The number of phenols is 1. The van der Waals surface area contributed by atoms with Crippen LogP contribution in [0.5, 0.6) is 5.75 Å². The van der Waals surface area contributed by atoms with Crippen molar-refractivity contribution in [1.82, 2.24) is 0 Å². The summed E-state index contributed by atoms with van der Waals surface area (Å²) in [6, 6.07) is 2.22. The molecular weight excluding hydrogens is 230 g/mol. The minimum atomic E-state index is -2.53. The topological polar surface area (TPSA) is 89.5 Å². The summed E-state index contributed by atoms with van der Waals surface area (Å²) >= 11 is 3.07. The van der Waals surface area contributed by atoms with E-state index in [9.17, 15) is 13.6 Å². The first-order valence-electron chi connectivity index (χ1n) is 3.38. The number of hydrogen-bond acceptors (Lipinski definition) is 4. The lowest BCUT2D eigenvalue weighted by Crippen LogP contribution is -2.03. The van der Waals surface area contributed by atoms with E-state index >= 15 is 0 Å². The van der Waals surface area contributed by atoms with Crippen LogP contribution in [-0.4, -0.2) is 20.2 Å². The maximum absolute atomic E-state index is 10.4. The summed E-state index contributed by atoms with van der Waals surface area (Å²) < 4.78 is 22.6. The molecule has 7 heteroatoms. The molecule has 0 fully saturated rings. The minimum absolute atomic E-state index is 0.0114. The molecule has 2 N–H and O–H groups in total. The molecule has 0 heterocycles. The van der Waals surface area contributed by atoms with Gasteiger partial charge in [0.05, 0.1) is 16.3 Å². The lowest BCUT2D eigenvalue weighted by molar-refractivity contribution is 0.112. The summed E-state index contributed by atoms with van der Waals surface area (Å²) in [5, 5.41) is 9.16. The number of aromatic hydroxyl groups is 1. The van der Waals surface area contributed by atoms with Crippen LogP contribution in [-0.2, 0) is 11.3 Å². The Bertz CT molecular complexity index is 396. The lowest BCUT2D eigenvalue weighted by atomic mass is 10.2. The van der Waals surface area contributed by atoms with Crippen molar-refractivity contribution < 1.29 is 18.7 Å². The Morgan fingerprint density at radius 3 is 2.71 bits per heavy atom. The number of benzene rings is 1. The van der Waals surface area contributed by atoms with Gasteiger partial charge in [0.2, 0.25) is 0 Å². The average Bonchev–Trinajstić information content (AvgIpc) is 2.09. The molecule has 0 amide bonds. The first-order valence-corrected chi connectivity index (χ1v) is 4.83. The highest BCUT2D eigenvalue weighted by Crippen LogP contribution is 2.29. The van der Waals surface area contributed by atoms with E-state index in [0.717, 1.165) is 12.1 Å². The van der Waals surface area contributed by atoms with Crippen LogP contribution in [0.1, 0.15) is 10.4 Å². The van der Waals surface area contributed by atoms with Gasteiger partial charge in [0.15, 0.2) is 6.29 Å². The number of carbonyl (C=O) groups is 1. The molecular formula is C7H5ClNO4S-. The molecule has 0 aliphatic heterocycles. The third-order valence-corrected chi connectivity index (χ3v) is 2.14. The van der Waals surface area contributed by atoms with Crippen molar-refractivity contribution in [3.05, 3.63) is 22.7 Å². The number of hydrogen-bond donors (Lipinski definition) is 2. The molecule has 0 spiro atoms. The fourth-order valence-electron chi connectivity index (χ4n) is 0.842. The van der Waals surface area contributed by atoms with Crippen LogP contribution in [0.3, 0.4) is 0 Å². The first-order chi connectivity index (χ1) is 6.54. The van der Waals surface area contributed by atoms with Gasteiger partial charge in [0, 0.05) is 17.3 Å². The fourth-order valence-corrected chi connectivity index (χ4v) is 1.45. The maximum atomic E-state index is 10.4. The zero-order valence-corrected chi connectivity index (χ0v) is 8.26. The third-order valence-electron chi connectivity index (χ3n) is 1.44. The number of aldehydes is 1. The number of anilines is 1. The number of carbonyl (C=O) groups excluding carboxylic acids is 1. The molecule has 0 aliphatic carbocycles. The molecule has 1 aromatic carbocycles. The SMILES string of the molecule is O=Cc1cc(NS(=O)[O-])c(Cl)cc1O. The molecule has 76 valence electrons. The van der Waals surface area contributed by atoms with Gasteiger partial charge in [0.1, 0.15) is 5.75 Å². The second kappa shape index (κ2) is 4.41. The number of rotatable bonds is 3. The van der Waals surface area contributed by atoms with Gasteiger partial charge in [-0.05, 0) is 6.07 Å². The Kier molecular flexibility index (Phi) is 3.45. The van der Waals surface area contributed by atoms with Crippen molar-refractivity contribution in [2.75, 3.05) is 4.72 Å². The highest BCUT2D eigenvalue weighted by Gasteiger charge is 2.06. The van der Waals surface area contributed by atoms with Crippen molar-refractivity contribution in [1.29, 1.82) is 0 Å². The first kappa shape index (κ1) is 11.0. The Hall–Kier alpha value is -1.11. The summed E-state index contributed by atoms with van der Waals surface area (Å²) in [5.74, 6) is -0.299. The minimum Gasteiger partial charge on any atom is -0.755 e. The highest BCUT2D eigenvalue weighted by molar-refractivity contribution is 7.80. The third kappa shape index (κ3) is 2.44. The van der Waals surface area contributed by atoms with Gasteiger partial charge < -0.3 is 14.4 Å². The predicted octanol–water partition coefficient (Wildman–Crippen LogP) is 1.06. The van der Waals surface area contributed by atoms with Crippen LogP contribution in [0.4, 0.5) is 5.69 Å². The van der Waals surface area contributed by atoms with Gasteiger partial charge in [-0.15, -0.1) is 0 Å². The molecule has 1 atom stereocenters. The second-order valence-corrected chi connectivity index (χ2v) is 3.43. The van der Waals surface area contributed by atoms with Crippen molar-refractivity contribution in [2.24, 2.45) is 0 Å². The molecule has 0 saturated heterocycles. The van der Waals surface area contributed by atoms with Crippen molar-refractivity contribution >= 4 is 34.8 Å². The summed E-state index contributed by atoms with van der Waals surface area (Å²) in [4.78, 5) is 10.4. The molecule has 1 aromatic rings. The van der Waals surface area contributed by atoms with Crippen molar-refractivity contribution in [2.45, 2.75) is 0 Å². The van der Waals surface area contributed by atoms with E-state index in [1.165, 1.54) is 0 Å². The standard InChI is InChI=1S/C7H6ClNO4S/c8-5-2-7(11)4(3-10)1-6(5)9-14(12)13/h1-3,9,11H,(H,12,13)/p-1. The van der Waals surface area contributed by atoms with E-state index in [2.05, 4.69) is 0 Å². The van der Waals surface area contributed by atoms with Crippen LogP contribution < -0.4 is 4.72 Å². The Balaban J connectivity index is 3.16. The van der Waals surface area contributed by atoms with Gasteiger partial charge in [0.25, 0.3) is 0 Å². The van der Waals surface area contributed by atoms with Crippen LogP contribution in [0.25, 0.3) is 0 Å². The summed E-state index contributed by atoms with van der Waals surface area (Å²) in [7, 11) is 0. The fraction of sp³-hybridized carbons (Fsp3) is 0. The van der Waals surface area contributed by atoms with E-state index < -0.39 is 11.3 Å². The Labute approximate surface area is 87.1 Å². The number of nitrogens with one attached hydrogen (secondary N) is 1. The van der Waals surface area contributed by atoms with E-state index in [1.807, 2.05) is 4.72 Å². The van der Waals surface area contributed by atoms with Crippen LogP contribution >= 0.6 is 11.6 Å². The van der Waals surface area contributed by atoms with Gasteiger partial charge in [-0.1, -0.05) is 11.6 Å². The zero-order valence-electron chi connectivity index (χ0n) is 6.69. The van der Waals surface area contributed by atoms with E-state index in [4.69, 9.17) is 16.7 Å². The van der Waals surface area contributed by atoms with Crippen LogP contribution in [0.15, 0.2) is 12.1 Å². The zero-order chi connectivity index (χ0) is 10.7. The molecule has 14 heavy (non-hydrogen) atoms. The van der Waals surface area contributed by atoms with E-state index in [-0.39, 0.29) is 22.0 Å². The normalized spacial score (nSPS) is 12.1. The smallest absolute Gasteiger partial charge is 0.153 e. The number of halogens is 1. The quantitative estimate of drug-likeness (QED) is 0.465. The Morgan fingerprint density at radius 2 is 2.21 bits per heavy atom.